The molecule has 1 heterocycles. The molecule has 212 valence electrons. The number of unbranched alkanes of at least 4 members (excludes halogenated alkanes) is 1. The van der Waals surface area contributed by atoms with Crippen molar-refractivity contribution in [2.45, 2.75) is 32.8 Å². The molecule has 7 nitrogen and oxygen atoms in total. The van der Waals surface area contributed by atoms with E-state index in [1.165, 1.54) is 5.56 Å². The van der Waals surface area contributed by atoms with Gasteiger partial charge in [0.2, 0.25) is 0 Å². The number of hydrazone groups is 1. The maximum atomic E-state index is 12.4. The van der Waals surface area contributed by atoms with Gasteiger partial charge in [-0.15, -0.1) is 0 Å². The van der Waals surface area contributed by atoms with Crippen molar-refractivity contribution in [1.82, 2.24) is 15.2 Å². The fraction of sp³-hybridized carbons (Fsp3) is 0.171. The second kappa shape index (κ2) is 14.5. The summed E-state index contributed by atoms with van der Waals surface area (Å²) in [5.74, 6) is 1.07. The monoisotopic (exact) mass is 558 g/mol. The zero-order chi connectivity index (χ0) is 29.0. The van der Waals surface area contributed by atoms with Gasteiger partial charge >= 0.3 is 0 Å². The summed E-state index contributed by atoms with van der Waals surface area (Å²) in [4.78, 5) is 12.4. The first-order valence-electron chi connectivity index (χ1n) is 14.1. The third-order valence-electron chi connectivity index (χ3n) is 6.64. The van der Waals surface area contributed by atoms with Crippen LogP contribution in [0, 0.1) is 0 Å². The van der Waals surface area contributed by atoms with Crippen molar-refractivity contribution in [2.24, 2.45) is 5.10 Å². The Balaban J connectivity index is 1.24. The van der Waals surface area contributed by atoms with Crippen LogP contribution in [-0.4, -0.2) is 28.5 Å². The van der Waals surface area contributed by atoms with Gasteiger partial charge in [0.15, 0.2) is 6.61 Å². The van der Waals surface area contributed by atoms with Crippen LogP contribution in [0.1, 0.15) is 36.5 Å². The zero-order valence-corrected chi connectivity index (χ0v) is 23.6. The predicted octanol–water partition coefficient (Wildman–Crippen LogP) is 6.99. The second-order valence-electron chi connectivity index (χ2n) is 9.84. The highest BCUT2D eigenvalue weighted by Gasteiger charge is 2.12. The number of hydrogen-bond acceptors (Lipinski definition) is 5. The van der Waals surface area contributed by atoms with Crippen LogP contribution in [0.15, 0.2) is 120 Å². The number of ether oxygens (including phenoxy) is 2. The lowest BCUT2D eigenvalue weighted by atomic mass is 10.1. The Labute approximate surface area is 246 Å². The molecule has 1 amide bonds. The first-order valence-corrected chi connectivity index (χ1v) is 14.1. The van der Waals surface area contributed by atoms with Crippen LogP contribution in [0.4, 0.5) is 0 Å². The van der Waals surface area contributed by atoms with Crippen LogP contribution in [0.25, 0.3) is 16.9 Å². The van der Waals surface area contributed by atoms with Gasteiger partial charge in [0.25, 0.3) is 5.91 Å². The number of carbonyl (C=O) groups excluding carboxylic acids is 1. The highest BCUT2D eigenvalue weighted by Crippen LogP contribution is 2.25. The summed E-state index contributed by atoms with van der Waals surface area (Å²) in [6.07, 6.45) is 6.84. The Morgan fingerprint density at radius 1 is 0.833 bits per heavy atom. The SMILES string of the molecule is CCCCc1ccc(OCC(=O)NN=Cc2cn(-c3ccccc3)nc2-c2ccc(OCc3ccccc3)cc2)cc1. The first-order chi connectivity index (χ1) is 20.7. The van der Waals surface area contributed by atoms with Gasteiger partial charge in [0, 0.05) is 17.3 Å². The maximum Gasteiger partial charge on any atom is 0.277 e. The van der Waals surface area contributed by atoms with E-state index in [9.17, 15) is 4.79 Å². The summed E-state index contributed by atoms with van der Waals surface area (Å²) in [6.45, 7) is 2.54. The number of aryl methyl sites for hydroxylation is 1. The molecule has 0 aliphatic heterocycles. The van der Waals surface area contributed by atoms with Crippen LogP contribution in [0.5, 0.6) is 11.5 Å². The number of para-hydroxylation sites is 1. The van der Waals surface area contributed by atoms with E-state index >= 15 is 0 Å². The number of amides is 1. The van der Waals surface area contributed by atoms with Crippen LogP contribution < -0.4 is 14.9 Å². The Morgan fingerprint density at radius 3 is 2.21 bits per heavy atom. The van der Waals surface area contributed by atoms with Crippen molar-refractivity contribution >= 4 is 12.1 Å². The number of carbonyl (C=O) groups is 1. The van der Waals surface area contributed by atoms with Crippen LogP contribution in [-0.2, 0) is 17.8 Å². The highest BCUT2D eigenvalue weighted by atomic mass is 16.5. The van der Waals surface area contributed by atoms with E-state index in [0.717, 1.165) is 53.1 Å². The van der Waals surface area contributed by atoms with E-state index in [0.29, 0.717) is 12.4 Å². The molecule has 0 aliphatic carbocycles. The van der Waals surface area contributed by atoms with Crippen LogP contribution in [0.2, 0.25) is 0 Å². The molecule has 5 rings (SSSR count). The number of rotatable bonds is 13. The van der Waals surface area contributed by atoms with E-state index in [1.54, 1.807) is 10.9 Å². The van der Waals surface area contributed by atoms with Gasteiger partial charge in [0.1, 0.15) is 23.8 Å². The lowest BCUT2D eigenvalue weighted by Crippen LogP contribution is -2.24. The van der Waals surface area contributed by atoms with Gasteiger partial charge in [-0.3, -0.25) is 4.79 Å². The summed E-state index contributed by atoms with van der Waals surface area (Å²) >= 11 is 0. The van der Waals surface area contributed by atoms with Gasteiger partial charge in [-0.1, -0.05) is 74.0 Å². The summed E-state index contributed by atoms with van der Waals surface area (Å²) < 4.78 is 13.4. The van der Waals surface area contributed by atoms with Gasteiger partial charge < -0.3 is 9.47 Å². The number of nitrogens with one attached hydrogen (secondary N) is 1. The van der Waals surface area contributed by atoms with E-state index in [4.69, 9.17) is 14.6 Å². The van der Waals surface area contributed by atoms with E-state index in [1.807, 2.05) is 115 Å². The smallest absolute Gasteiger partial charge is 0.277 e. The predicted molar refractivity (Wildman–Crippen MR) is 166 cm³/mol. The number of nitrogens with zero attached hydrogens (tertiary/aromatic N) is 3. The third-order valence-corrected chi connectivity index (χ3v) is 6.64. The molecule has 1 aromatic heterocycles. The molecular formula is C35H34N4O3. The van der Waals surface area contributed by atoms with Crippen LogP contribution >= 0.6 is 0 Å². The van der Waals surface area contributed by atoms with Gasteiger partial charge in [-0.25, -0.2) is 10.1 Å². The molecule has 0 aliphatic rings. The van der Waals surface area contributed by atoms with Gasteiger partial charge in [-0.2, -0.15) is 10.2 Å². The lowest BCUT2D eigenvalue weighted by molar-refractivity contribution is -0.123. The Morgan fingerprint density at radius 2 is 1.50 bits per heavy atom. The molecule has 0 bridgehead atoms. The second-order valence-corrected chi connectivity index (χ2v) is 9.84. The van der Waals surface area contributed by atoms with E-state index < -0.39 is 0 Å². The molecule has 0 saturated heterocycles. The molecule has 0 unspecified atom stereocenters. The largest absolute Gasteiger partial charge is 0.489 e. The molecular weight excluding hydrogens is 524 g/mol. The maximum absolute atomic E-state index is 12.4. The zero-order valence-electron chi connectivity index (χ0n) is 23.6. The topological polar surface area (TPSA) is 77.7 Å². The molecule has 0 atom stereocenters. The summed E-state index contributed by atoms with van der Waals surface area (Å²) in [6, 6.07) is 35.5. The van der Waals surface area contributed by atoms with Crippen molar-refractivity contribution in [3.63, 3.8) is 0 Å². The molecule has 1 N–H and O–H groups in total. The summed E-state index contributed by atoms with van der Waals surface area (Å²) in [5.41, 5.74) is 8.22. The molecule has 42 heavy (non-hydrogen) atoms. The first kappa shape index (κ1) is 28.4. The summed E-state index contributed by atoms with van der Waals surface area (Å²) in [7, 11) is 0. The molecule has 7 heteroatoms. The van der Waals surface area contributed by atoms with E-state index in [-0.39, 0.29) is 12.5 Å². The van der Waals surface area contributed by atoms with E-state index in [2.05, 4.69) is 17.5 Å². The minimum absolute atomic E-state index is 0.133. The Kier molecular flexibility index (Phi) is 9.76. The fourth-order valence-electron chi connectivity index (χ4n) is 4.36. The molecule has 0 fully saturated rings. The normalized spacial score (nSPS) is 11.0. The molecule has 0 saturated carbocycles. The standard InChI is InChI=1S/C35H34N4O3/c1-2-3-10-27-15-19-32(20-16-27)42-26-34(40)37-36-23-30-24-39(31-13-8-5-9-14-31)38-35(30)29-17-21-33(22-18-29)41-25-28-11-6-4-7-12-28/h4-9,11-24H,2-3,10,25-26H2,1H3,(H,37,40). The molecule has 4 aromatic carbocycles. The Hall–Kier alpha value is -5.17. The number of aromatic nitrogens is 2. The quantitative estimate of drug-likeness (QED) is 0.125. The lowest BCUT2D eigenvalue weighted by Gasteiger charge is -2.07. The van der Waals surface area contributed by atoms with Crippen molar-refractivity contribution in [3.05, 3.63) is 132 Å². The van der Waals surface area contributed by atoms with Crippen molar-refractivity contribution in [3.8, 4) is 28.4 Å². The molecule has 0 spiro atoms. The van der Waals surface area contributed by atoms with Crippen LogP contribution in [0.3, 0.4) is 0 Å². The van der Waals surface area contributed by atoms with Crippen molar-refractivity contribution in [2.75, 3.05) is 6.61 Å². The molecule has 0 radical (unpaired) electrons. The summed E-state index contributed by atoms with van der Waals surface area (Å²) in [5, 5.41) is 9.01. The number of hydrogen-bond donors (Lipinski definition) is 1. The van der Waals surface area contributed by atoms with Crippen molar-refractivity contribution < 1.29 is 14.3 Å². The van der Waals surface area contributed by atoms with Gasteiger partial charge in [0.05, 0.1) is 11.9 Å². The van der Waals surface area contributed by atoms with Crippen molar-refractivity contribution in [1.29, 1.82) is 0 Å². The average molecular weight is 559 g/mol. The fourth-order valence-corrected chi connectivity index (χ4v) is 4.36. The van der Waals surface area contributed by atoms with Gasteiger partial charge in [-0.05, 0) is 72.5 Å². The Bertz CT molecular complexity index is 1580. The average Bonchev–Trinajstić information content (AvgIpc) is 3.47. The third kappa shape index (κ3) is 7.95. The molecule has 5 aromatic rings. The minimum atomic E-state index is -0.349. The highest BCUT2D eigenvalue weighted by molar-refractivity contribution is 5.89. The minimum Gasteiger partial charge on any atom is -0.489 e. The number of benzene rings is 4.